The number of thioether (sulfide) groups is 1. The number of para-hydroxylation sites is 1. The SMILES string of the molecule is Cc1cccc2c(=O)n(CC(=O)NCCN3C(=O)S/C(=C\c4ccccc4)C3=O)cnc12. The number of aromatic nitrogens is 2. The van der Waals surface area contributed by atoms with Crippen LogP contribution in [0, 0.1) is 6.92 Å². The van der Waals surface area contributed by atoms with Gasteiger partial charge in [-0.05, 0) is 42.0 Å². The number of aryl methyl sites for hydroxylation is 1. The Kier molecular flexibility index (Phi) is 6.18. The fourth-order valence-corrected chi connectivity index (χ4v) is 4.23. The third-order valence-corrected chi connectivity index (χ3v) is 5.91. The summed E-state index contributed by atoms with van der Waals surface area (Å²) in [7, 11) is 0. The van der Waals surface area contributed by atoms with Gasteiger partial charge in [-0.25, -0.2) is 4.98 Å². The average molecular weight is 449 g/mol. The zero-order valence-electron chi connectivity index (χ0n) is 17.3. The molecule has 1 saturated heterocycles. The Morgan fingerprint density at radius 2 is 1.88 bits per heavy atom. The van der Waals surface area contributed by atoms with Gasteiger partial charge in [0.1, 0.15) is 6.54 Å². The van der Waals surface area contributed by atoms with Crippen LogP contribution in [-0.4, -0.2) is 44.6 Å². The predicted molar refractivity (Wildman–Crippen MR) is 123 cm³/mol. The molecular formula is C23H20N4O4S. The maximum atomic E-state index is 12.6. The highest BCUT2D eigenvalue weighted by molar-refractivity contribution is 8.18. The van der Waals surface area contributed by atoms with E-state index in [1.165, 1.54) is 10.9 Å². The van der Waals surface area contributed by atoms with Gasteiger partial charge in [-0.3, -0.25) is 28.6 Å². The predicted octanol–water partition coefficient (Wildman–Crippen LogP) is 2.56. The largest absolute Gasteiger partial charge is 0.353 e. The Labute approximate surface area is 187 Å². The molecule has 162 valence electrons. The highest BCUT2D eigenvalue weighted by atomic mass is 32.2. The van der Waals surface area contributed by atoms with E-state index in [0.717, 1.165) is 27.8 Å². The second-order valence-corrected chi connectivity index (χ2v) is 8.24. The van der Waals surface area contributed by atoms with Gasteiger partial charge in [0.25, 0.3) is 16.7 Å². The first kappa shape index (κ1) is 21.5. The molecule has 0 bridgehead atoms. The molecule has 0 spiro atoms. The standard InChI is InChI=1S/C23H20N4O4S/c1-15-6-5-9-17-20(15)25-14-26(21(17)29)13-19(28)24-10-11-27-22(30)18(32-23(27)31)12-16-7-3-2-4-8-16/h2-9,12,14H,10-11,13H2,1H3,(H,24,28)/b18-12-. The fraction of sp³-hybridized carbons (Fsp3) is 0.174. The molecule has 0 atom stereocenters. The van der Waals surface area contributed by atoms with Crippen molar-refractivity contribution in [3.63, 3.8) is 0 Å². The van der Waals surface area contributed by atoms with Gasteiger partial charge in [-0.1, -0.05) is 42.5 Å². The first-order chi connectivity index (χ1) is 15.4. The van der Waals surface area contributed by atoms with Crippen molar-refractivity contribution < 1.29 is 14.4 Å². The van der Waals surface area contributed by atoms with Crippen LogP contribution in [0.3, 0.4) is 0 Å². The molecule has 3 amide bonds. The molecule has 0 saturated carbocycles. The van der Waals surface area contributed by atoms with Crippen molar-refractivity contribution in [1.29, 1.82) is 0 Å². The van der Waals surface area contributed by atoms with Crippen molar-refractivity contribution in [2.75, 3.05) is 13.1 Å². The third kappa shape index (κ3) is 4.47. The van der Waals surface area contributed by atoms with Gasteiger partial charge in [0.05, 0.1) is 22.1 Å². The molecule has 2 heterocycles. The zero-order valence-corrected chi connectivity index (χ0v) is 18.1. The number of hydrogen-bond acceptors (Lipinski definition) is 6. The van der Waals surface area contributed by atoms with Crippen LogP contribution in [0.1, 0.15) is 11.1 Å². The number of rotatable bonds is 6. The molecule has 8 nitrogen and oxygen atoms in total. The van der Waals surface area contributed by atoms with E-state index in [2.05, 4.69) is 10.3 Å². The number of nitrogens with one attached hydrogen (secondary N) is 1. The van der Waals surface area contributed by atoms with Crippen molar-refractivity contribution >= 4 is 45.8 Å². The van der Waals surface area contributed by atoms with Crippen molar-refractivity contribution in [3.05, 3.63) is 81.2 Å². The minimum Gasteiger partial charge on any atom is -0.353 e. The molecule has 1 aliphatic rings. The highest BCUT2D eigenvalue weighted by Crippen LogP contribution is 2.31. The van der Waals surface area contributed by atoms with Crippen LogP contribution in [-0.2, 0) is 16.1 Å². The maximum Gasteiger partial charge on any atom is 0.293 e. The van der Waals surface area contributed by atoms with E-state index in [1.807, 2.05) is 43.3 Å². The summed E-state index contributed by atoms with van der Waals surface area (Å²) in [5.41, 5.74) is 2.02. The molecule has 9 heteroatoms. The molecule has 0 aliphatic carbocycles. The van der Waals surface area contributed by atoms with Gasteiger partial charge in [0.2, 0.25) is 5.91 Å². The number of fused-ring (bicyclic) bond motifs is 1. The van der Waals surface area contributed by atoms with Gasteiger partial charge >= 0.3 is 0 Å². The molecule has 1 N–H and O–H groups in total. The van der Waals surface area contributed by atoms with Gasteiger partial charge in [0, 0.05) is 13.1 Å². The van der Waals surface area contributed by atoms with E-state index in [1.54, 1.807) is 18.2 Å². The monoisotopic (exact) mass is 448 g/mol. The lowest BCUT2D eigenvalue weighted by Crippen LogP contribution is -2.39. The number of nitrogens with zero attached hydrogens (tertiary/aromatic N) is 3. The average Bonchev–Trinajstić information content (AvgIpc) is 3.04. The molecule has 2 aromatic carbocycles. The van der Waals surface area contributed by atoms with Gasteiger partial charge in [-0.15, -0.1) is 0 Å². The zero-order chi connectivity index (χ0) is 22.7. The third-order valence-electron chi connectivity index (χ3n) is 5.00. The van der Waals surface area contributed by atoms with E-state index in [0.29, 0.717) is 15.8 Å². The second-order valence-electron chi connectivity index (χ2n) is 7.24. The Balaban J connectivity index is 1.35. The van der Waals surface area contributed by atoms with Crippen LogP contribution >= 0.6 is 11.8 Å². The van der Waals surface area contributed by atoms with Crippen LogP contribution in [0.4, 0.5) is 4.79 Å². The molecule has 32 heavy (non-hydrogen) atoms. The molecule has 1 aliphatic heterocycles. The minimum absolute atomic E-state index is 0.0482. The summed E-state index contributed by atoms with van der Waals surface area (Å²) in [6.45, 7) is 1.80. The van der Waals surface area contributed by atoms with Crippen LogP contribution in [0.5, 0.6) is 0 Å². The Bertz CT molecular complexity index is 1300. The van der Waals surface area contributed by atoms with Crippen LogP contribution < -0.4 is 10.9 Å². The van der Waals surface area contributed by atoms with Crippen molar-refractivity contribution in [2.45, 2.75) is 13.5 Å². The summed E-state index contributed by atoms with van der Waals surface area (Å²) >= 11 is 0.874. The molecule has 0 radical (unpaired) electrons. The lowest BCUT2D eigenvalue weighted by molar-refractivity contribution is -0.124. The van der Waals surface area contributed by atoms with Gasteiger partial charge in [-0.2, -0.15) is 0 Å². The van der Waals surface area contributed by atoms with E-state index < -0.39 is 5.91 Å². The number of benzene rings is 2. The van der Waals surface area contributed by atoms with Crippen molar-refractivity contribution in [1.82, 2.24) is 19.8 Å². The smallest absolute Gasteiger partial charge is 0.293 e. The van der Waals surface area contributed by atoms with E-state index in [9.17, 15) is 19.2 Å². The minimum atomic E-state index is -0.410. The topological polar surface area (TPSA) is 101 Å². The lowest BCUT2D eigenvalue weighted by Gasteiger charge is -2.13. The van der Waals surface area contributed by atoms with Crippen LogP contribution in [0.25, 0.3) is 17.0 Å². The second kappa shape index (κ2) is 9.19. The molecule has 1 fully saturated rings. The van der Waals surface area contributed by atoms with E-state index in [4.69, 9.17) is 0 Å². The number of carbonyl (C=O) groups is 3. The van der Waals surface area contributed by atoms with Crippen LogP contribution in [0.2, 0.25) is 0 Å². The maximum absolute atomic E-state index is 12.6. The van der Waals surface area contributed by atoms with Crippen molar-refractivity contribution in [3.8, 4) is 0 Å². The Morgan fingerprint density at radius 3 is 2.66 bits per heavy atom. The number of hydrogen-bond donors (Lipinski definition) is 1. The lowest BCUT2D eigenvalue weighted by atomic mass is 10.1. The first-order valence-corrected chi connectivity index (χ1v) is 10.8. The molecular weight excluding hydrogens is 428 g/mol. The molecule has 0 unspecified atom stereocenters. The van der Waals surface area contributed by atoms with Crippen LogP contribution in [0.15, 0.2) is 64.6 Å². The summed E-state index contributed by atoms with van der Waals surface area (Å²) in [5, 5.41) is 2.72. The van der Waals surface area contributed by atoms with E-state index in [-0.39, 0.29) is 36.3 Å². The number of amides is 3. The van der Waals surface area contributed by atoms with Gasteiger partial charge in [0.15, 0.2) is 0 Å². The quantitative estimate of drug-likeness (QED) is 0.582. The van der Waals surface area contributed by atoms with Crippen molar-refractivity contribution in [2.24, 2.45) is 0 Å². The summed E-state index contributed by atoms with van der Waals surface area (Å²) in [5.74, 6) is -0.795. The summed E-state index contributed by atoms with van der Waals surface area (Å²) < 4.78 is 1.24. The number of imide groups is 1. The molecule has 1 aromatic heterocycles. The van der Waals surface area contributed by atoms with E-state index >= 15 is 0 Å². The Hall–Kier alpha value is -3.72. The van der Waals surface area contributed by atoms with Gasteiger partial charge < -0.3 is 5.32 Å². The highest BCUT2D eigenvalue weighted by Gasteiger charge is 2.34. The summed E-state index contributed by atoms with van der Waals surface area (Å²) in [4.78, 5) is 55.4. The summed E-state index contributed by atoms with van der Waals surface area (Å²) in [6, 6.07) is 14.6. The first-order valence-electron chi connectivity index (χ1n) is 9.96. The molecule has 3 aromatic rings. The number of carbonyl (C=O) groups excluding carboxylic acids is 3. The summed E-state index contributed by atoms with van der Waals surface area (Å²) in [6.07, 6.45) is 3.02. The normalized spacial score (nSPS) is 15.0. The Morgan fingerprint density at radius 1 is 1.09 bits per heavy atom. The fourth-order valence-electron chi connectivity index (χ4n) is 3.36. The molecule has 4 rings (SSSR count).